The Labute approximate surface area is 129 Å². The van der Waals surface area contributed by atoms with Crippen molar-refractivity contribution in [3.05, 3.63) is 29.3 Å². The molecule has 1 aromatic rings. The summed E-state index contributed by atoms with van der Waals surface area (Å²) in [4.78, 5) is 13.1. The quantitative estimate of drug-likeness (QED) is 0.863. The standard InChI is InChI=1S/C15H20ClNO2S/c1-17-15(14(18)19-2)9-5-6-11(10-15)20-13-8-4-3-7-12(13)16/h3-4,7-8,11,17H,5-6,9-10H2,1-2H3. The van der Waals surface area contributed by atoms with E-state index >= 15 is 0 Å². The molecule has 2 unspecified atom stereocenters. The highest BCUT2D eigenvalue weighted by Crippen LogP contribution is 2.40. The van der Waals surface area contributed by atoms with Crippen molar-refractivity contribution >= 4 is 29.3 Å². The third-order valence-corrected chi connectivity index (χ3v) is 5.68. The van der Waals surface area contributed by atoms with Gasteiger partial charge in [0.25, 0.3) is 0 Å². The van der Waals surface area contributed by atoms with Crippen LogP contribution in [0.2, 0.25) is 5.02 Å². The van der Waals surface area contributed by atoms with Gasteiger partial charge in [-0.05, 0) is 44.9 Å². The molecule has 1 N–H and O–H groups in total. The van der Waals surface area contributed by atoms with Crippen LogP contribution >= 0.6 is 23.4 Å². The lowest BCUT2D eigenvalue weighted by Gasteiger charge is -2.38. The molecule has 5 heteroatoms. The van der Waals surface area contributed by atoms with Crippen LogP contribution in [0, 0.1) is 0 Å². The van der Waals surface area contributed by atoms with Gasteiger partial charge in [-0.1, -0.05) is 23.7 Å². The van der Waals surface area contributed by atoms with Crippen molar-refractivity contribution in [2.24, 2.45) is 0 Å². The number of thioether (sulfide) groups is 1. The molecule has 1 fully saturated rings. The summed E-state index contributed by atoms with van der Waals surface area (Å²) in [5.74, 6) is -0.163. The Morgan fingerprint density at radius 1 is 1.50 bits per heavy atom. The fourth-order valence-corrected chi connectivity index (χ4v) is 4.37. The maximum Gasteiger partial charge on any atom is 0.326 e. The van der Waals surface area contributed by atoms with Gasteiger partial charge < -0.3 is 10.1 Å². The molecule has 0 heterocycles. The van der Waals surface area contributed by atoms with Gasteiger partial charge in [0.1, 0.15) is 5.54 Å². The number of likely N-dealkylation sites (N-methyl/N-ethyl adjacent to an activating group) is 1. The van der Waals surface area contributed by atoms with E-state index in [0.29, 0.717) is 5.25 Å². The topological polar surface area (TPSA) is 38.3 Å². The van der Waals surface area contributed by atoms with E-state index in [2.05, 4.69) is 5.32 Å². The van der Waals surface area contributed by atoms with E-state index in [1.54, 1.807) is 11.8 Å². The second-order valence-electron chi connectivity index (χ2n) is 5.09. The fraction of sp³-hybridized carbons (Fsp3) is 0.533. The van der Waals surface area contributed by atoms with E-state index in [1.165, 1.54) is 7.11 Å². The largest absolute Gasteiger partial charge is 0.468 e. The molecule has 3 nitrogen and oxygen atoms in total. The molecule has 0 radical (unpaired) electrons. The zero-order valence-electron chi connectivity index (χ0n) is 11.8. The van der Waals surface area contributed by atoms with Crippen LogP contribution in [0.1, 0.15) is 25.7 Å². The molecule has 0 aromatic heterocycles. The SMILES string of the molecule is CNC1(C(=O)OC)CCCC(Sc2ccccc2Cl)C1. The molecule has 1 aromatic carbocycles. The van der Waals surface area contributed by atoms with Gasteiger partial charge in [0.05, 0.1) is 12.1 Å². The summed E-state index contributed by atoms with van der Waals surface area (Å²) in [7, 11) is 3.28. The normalized spacial score (nSPS) is 26.2. The van der Waals surface area contributed by atoms with Crippen LogP contribution in [0.3, 0.4) is 0 Å². The van der Waals surface area contributed by atoms with E-state index in [0.717, 1.165) is 35.6 Å². The first-order valence-electron chi connectivity index (χ1n) is 6.80. The van der Waals surface area contributed by atoms with Gasteiger partial charge in [-0.25, -0.2) is 0 Å². The van der Waals surface area contributed by atoms with E-state index in [4.69, 9.17) is 16.3 Å². The van der Waals surface area contributed by atoms with Gasteiger partial charge in [0.15, 0.2) is 0 Å². The molecule has 1 saturated carbocycles. The Kier molecular flexibility index (Phi) is 5.35. The van der Waals surface area contributed by atoms with Crippen LogP contribution in [0.4, 0.5) is 0 Å². The Hall–Kier alpha value is -0.710. The second kappa shape index (κ2) is 6.83. The van der Waals surface area contributed by atoms with E-state index < -0.39 is 5.54 Å². The average molecular weight is 314 g/mol. The van der Waals surface area contributed by atoms with E-state index in [1.807, 2.05) is 31.3 Å². The number of carbonyl (C=O) groups is 1. The van der Waals surface area contributed by atoms with Gasteiger partial charge in [-0.2, -0.15) is 0 Å². The number of methoxy groups -OCH3 is 1. The van der Waals surface area contributed by atoms with Crippen molar-refractivity contribution in [1.29, 1.82) is 0 Å². The average Bonchev–Trinajstić information content (AvgIpc) is 2.49. The highest BCUT2D eigenvalue weighted by atomic mass is 35.5. The molecule has 0 amide bonds. The molecule has 2 rings (SSSR count). The second-order valence-corrected chi connectivity index (χ2v) is 6.84. The van der Waals surface area contributed by atoms with Crippen molar-refractivity contribution in [2.45, 2.75) is 41.4 Å². The zero-order valence-corrected chi connectivity index (χ0v) is 13.4. The molecule has 0 spiro atoms. The van der Waals surface area contributed by atoms with Crippen molar-refractivity contribution in [1.82, 2.24) is 5.32 Å². The highest BCUT2D eigenvalue weighted by molar-refractivity contribution is 8.00. The Bertz CT molecular complexity index is 483. The summed E-state index contributed by atoms with van der Waals surface area (Å²) in [6.45, 7) is 0. The van der Waals surface area contributed by atoms with Crippen LogP contribution < -0.4 is 5.32 Å². The Balaban J connectivity index is 2.10. The number of hydrogen-bond donors (Lipinski definition) is 1. The molecular formula is C15H20ClNO2S. The summed E-state index contributed by atoms with van der Waals surface area (Å²) < 4.78 is 4.97. The summed E-state index contributed by atoms with van der Waals surface area (Å²) in [5.41, 5.74) is -0.550. The smallest absolute Gasteiger partial charge is 0.326 e. The summed E-state index contributed by atoms with van der Waals surface area (Å²) in [5, 5.41) is 4.32. The van der Waals surface area contributed by atoms with Crippen LogP contribution in [0.15, 0.2) is 29.2 Å². The molecule has 1 aliphatic rings. The minimum Gasteiger partial charge on any atom is -0.468 e. The predicted octanol–water partition coefficient (Wildman–Crippen LogP) is 3.51. The number of benzene rings is 1. The molecular weight excluding hydrogens is 294 g/mol. The number of ether oxygens (including phenoxy) is 1. The first-order chi connectivity index (χ1) is 9.61. The molecule has 110 valence electrons. The highest BCUT2D eigenvalue weighted by Gasteiger charge is 2.42. The van der Waals surface area contributed by atoms with Crippen molar-refractivity contribution in [2.75, 3.05) is 14.2 Å². The van der Waals surface area contributed by atoms with Crippen LogP contribution in [-0.2, 0) is 9.53 Å². The third kappa shape index (κ3) is 3.30. The minimum atomic E-state index is -0.550. The Morgan fingerprint density at radius 2 is 2.25 bits per heavy atom. The summed E-state index contributed by atoms with van der Waals surface area (Å²) in [6, 6.07) is 7.85. The number of halogens is 1. The van der Waals surface area contributed by atoms with Crippen LogP contribution in [-0.4, -0.2) is 30.9 Å². The third-order valence-electron chi connectivity index (χ3n) is 3.89. The lowest BCUT2D eigenvalue weighted by Crippen LogP contribution is -2.54. The van der Waals surface area contributed by atoms with Crippen molar-refractivity contribution in [3.8, 4) is 0 Å². The molecule has 2 atom stereocenters. The summed E-state index contributed by atoms with van der Waals surface area (Å²) in [6.07, 6.45) is 3.70. The van der Waals surface area contributed by atoms with Gasteiger partial charge >= 0.3 is 5.97 Å². The maximum atomic E-state index is 12.1. The number of nitrogens with one attached hydrogen (secondary N) is 1. The van der Waals surface area contributed by atoms with Gasteiger partial charge in [0.2, 0.25) is 0 Å². The monoisotopic (exact) mass is 313 g/mol. The number of hydrogen-bond acceptors (Lipinski definition) is 4. The lowest BCUT2D eigenvalue weighted by atomic mass is 9.81. The van der Waals surface area contributed by atoms with Crippen molar-refractivity contribution < 1.29 is 9.53 Å². The maximum absolute atomic E-state index is 12.1. The van der Waals surface area contributed by atoms with E-state index in [9.17, 15) is 4.79 Å². The number of esters is 1. The van der Waals surface area contributed by atoms with Gasteiger partial charge in [0, 0.05) is 10.1 Å². The first kappa shape index (κ1) is 15.7. The van der Waals surface area contributed by atoms with E-state index in [-0.39, 0.29) is 5.97 Å². The van der Waals surface area contributed by atoms with Crippen LogP contribution in [0.25, 0.3) is 0 Å². The molecule has 0 aliphatic heterocycles. The molecule has 0 bridgehead atoms. The lowest BCUT2D eigenvalue weighted by molar-refractivity contribution is -0.149. The predicted molar refractivity (Wildman–Crippen MR) is 83.4 cm³/mol. The zero-order chi connectivity index (χ0) is 14.6. The summed E-state index contributed by atoms with van der Waals surface area (Å²) >= 11 is 7.97. The molecule has 0 saturated heterocycles. The van der Waals surface area contributed by atoms with Gasteiger partial charge in [-0.3, -0.25) is 4.79 Å². The molecule has 1 aliphatic carbocycles. The number of rotatable bonds is 4. The fourth-order valence-electron chi connectivity index (χ4n) is 2.75. The van der Waals surface area contributed by atoms with Gasteiger partial charge in [-0.15, -0.1) is 11.8 Å². The molecule has 20 heavy (non-hydrogen) atoms. The minimum absolute atomic E-state index is 0.163. The first-order valence-corrected chi connectivity index (χ1v) is 8.05. The Morgan fingerprint density at radius 3 is 2.90 bits per heavy atom. The van der Waals surface area contributed by atoms with Crippen LogP contribution in [0.5, 0.6) is 0 Å². The number of carbonyl (C=O) groups excluding carboxylic acids is 1. The van der Waals surface area contributed by atoms with Crippen molar-refractivity contribution in [3.63, 3.8) is 0 Å².